The number of rotatable bonds is 5. The summed E-state index contributed by atoms with van der Waals surface area (Å²) in [6.45, 7) is 3.84. The van der Waals surface area contributed by atoms with Gasteiger partial charge in [-0.1, -0.05) is 0 Å². The van der Waals surface area contributed by atoms with Crippen LogP contribution in [0.25, 0.3) is 0 Å². The number of hydrogen-bond acceptors (Lipinski definition) is 4. The van der Waals surface area contributed by atoms with E-state index < -0.39 is 17.9 Å². The molecule has 1 aromatic heterocycles. The van der Waals surface area contributed by atoms with E-state index in [9.17, 15) is 14.7 Å². The first-order chi connectivity index (χ1) is 9.47. The Hall–Kier alpha value is -1.82. The molecule has 6 nitrogen and oxygen atoms in total. The summed E-state index contributed by atoms with van der Waals surface area (Å²) in [5.74, 6) is 0.165. The molecule has 2 rings (SSSR count). The van der Waals surface area contributed by atoms with Gasteiger partial charge in [-0.05, 0) is 39.2 Å². The first kappa shape index (κ1) is 14.6. The van der Waals surface area contributed by atoms with Crippen LogP contribution in [0, 0.1) is 13.8 Å². The van der Waals surface area contributed by atoms with E-state index in [1.165, 1.54) is 0 Å². The van der Waals surface area contributed by atoms with E-state index in [0.717, 1.165) is 24.2 Å². The highest BCUT2D eigenvalue weighted by Crippen LogP contribution is 2.23. The lowest BCUT2D eigenvalue weighted by Crippen LogP contribution is -2.41. The number of carbonyl (C=O) groups is 2. The summed E-state index contributed by atoms with van der Waals surface area (Å²) in [6, 6.07) is 1.94. The summed E-state index contributed by atoms with van der Waals surface area (Å²) in [6.07, 6.45) is 1.51. The lowest BCUT2D eigenvalue weighted by Gasteiger charge is -2.10. The molecule has 3 N–H and O–H groups in total. The van der Waals surface area contributed by atoms with Gasteiger partial charge in [-0.2, -0.15) is 0 Å². The molecule has 0 unspecified atom stereocenters. The summed E-state index contributed by atoms with van der Waals surface area (Å²) >= 11 is 0. The summed E-state index contributed by atoms with van der Waals surface area (Å²) in [5, 5.41) is 15.1. The van der Waals surface area contributed by atoms with E-state index >= 15 is 0 Å². The van der Waals surface area contributed by atoms with Crippen LogP contribution < -0.4 is 10.6 Å². The Balaban J connectivity index is 1.73. The first-order valence-corrected chi connectivity index (χ1v) is 6.81. The predicted molar refractivity (Wildman–Crippen MR) is 71.9 cm³/mol. The molecule has 1 heterocycles. The van der Waals surface area contributed by atoms with E-state index in [-0.39, 0.29) is 12.6 Å². The summed E-state index contributed by atoms with van der Waals surface area (Å²) in [4.78, 5) is 22.9. The van der Waals surface area contributed by atoms with Crippen molar-refractivity contribution in [2.75, 3.05) is 6.54 Å². The van der Waals surface area contributed by atoms with E-state index in [1.54, 1.807) is 13.0 Å². The molecular formula is C14H20N2O4. The van der Waals surface area contributed by atoms with Crippen LogP contribution in [0.15, 0.2) is 10.5 Å². The van der Waals surface area contributed by atoms with Gasteiger partial charge in [0.1, 0.15) is 11.5 Å². The molecule has 0 radical (unpaired) electrons. The highest BCUT2D eigenvalue weighted by molar-refractivity contribution is 6.35. The first-order valence-electron chi connectivity index (χ1n) is 6.81. The van der Waals surface area contributed by atoms with Gasteiger partial charge in [-0.15, -0.1) is 0 Å². The third-order valence-corrected chi connectivity index (χ3v) is 3.26. The van der Waals surface area contributed by atoms with Crippen LogP contribution in [0.5, 0.6) is 0 Å². The minimum absolute atomic E-state index is 0.162. The smallest absolute Gasteiger partial charge is 0.309 e. The summed E-state index contributed by atoms with van der Waals surface area (Å²) < 4.78 is 5.34. The lowest BCUT2D eigenvalue weighted by atomic mass is 10.1. The van der Waals surface area contributed by atoms with Crippen molar-refractivity contribution in [3.8, 4) is 0 Å². The topological polar surface area (TPSA) is 91.6 Å². The number of nitrogens with one attached hydrogen (secondary N) is 2. The largest absolute Gasteiger partial charge is 0.466 e. The molecule has 20 heavy (non-hydrogen) atoms. The maximum absolute atomic E-state index is 11.5. The summed E-state index contributed by atoms with van der Waals surface area (Å²) in [5.41, 5.74) is 0.721. The van der Waals surface area contributed by atoms with Crippen LogP contribution in [0.1, 0.15) is 42.5 Å². The third kappa shape index (κ3) is 3.84. The molecule has 1 atom stereocenters. The van der Waals surface area contributed by atoms with Gasteiger partial charge in [0.25, 0.3) is 0 Å². The molecule has 1 aliphatic rings. The molecule has 1 saturated carbocycles. The highest BCUT2D eigenvalue weighted by atomic mass is 16.3. The maximum atomic E-state index is 11.5. The predicted octanol–water partition coefficient (Wildman–Crippen LogP) is 0.715. The lowest BCUT2D eigenvalue weighted by molar-refractivity contribution is -0.139. The molecule has 0 bridgehead atoms. The Morgan fingerprint density at radius 3 is 2.65 bits per heavy atom. The number of carbonyl (C=O) groups excluding carboxylic acids is 2. The molecule has 1 aliphatic carbocycles. The molecule has 1 aromatic rings. The molecule has 1 fully saturated rings. The van der Waals surface area contributed by atoms with Crippen LogP contribution in [-0.2, 0) is 9.59 Å². The van der Waals surface area contributed by atoms with Crippen molar-refractivity contribution in [2.45, 2.75) is 45.3 Å². The standard InChI is InChI=1S/C14H20N2O4/c1-8-7-11(9(2)20-8)12(17)5-6-15-13(18)14(19)16-10-3-4-10/h7,10,12,17H,3-6H2,1-2H3,(H,15,18)(H,16,19)/t12-/m0/s1. The van der Waals surface area contributed by atoms with Crippen molar-refractivity contribution >= 4 is 11.8 Å². The van der Waals surface area contributed by atoms with Crippen molar-refractivity contribution < 1.29 is 19.1 Å². The monoisotopic (exact) mass is 280 g/mol. The van der Waals surface area contributed by atoms with E-state index in [2.05, 4.69) is 10.6 Å². The van der Waals surface area contributed by atoms with Crippen molar-refractivity contribution in [1.29, 1.82) is 0 Å². The number of aryl methyl sites for hydroxylation is 2. The molecule has 0 saturated heterocycles. The van der Waals surface area contributed by atoms with Gasteiger partial charge in [0.2, 0.25) is 0 Å². The van der Waals surface area contributed by atoms with Gasteiger partial charge < -0.3 is 20.2 Å². The average molecular weight is 280 g/mol. The second kappa shape index (κ2) is 6.09. The zero-order valence-electron chi connectivity index (χ0n) is 11.7. The van der Waals surface area contributed by atoms with Gasteiger partial charge in [-0.3, -0.25) is 9.59 Å². The van der Waals surface area contributed by atoms with E-state index in [4.69, 9.17) is 4.42 Å². The highest BCUT2D eigenvalue weighted by Gasteiger charge is 2.26. The Morgan fingerprint density at radius 2 is 2.10 bits per heavy atom. The van der Waals surface area contributed by atoms with Crippen LogP contribution in [0.3, 0.4) is 0 Å². The fourth-order valence-electron chi connectivity index (χ4n) is 2.02. The Kier molecular flexibility index (Phi) is 4.44. The van der Waals surface area contributed by atoms with Crippen LogP contribution in [-0.4, -0.2) is 29.5 Å². The molecule has 110 valence electrons. The molecule has 2 amide bonds. The molecule has 0 aromatic carbocycles. The zero-order chi connectivity index (χ0) is 14.7. The van der Waals surface area contributed by atoms with E-state index in [1.807, 2.05) is 6.92 Å². The van der Waals surface area contributed by atoms with Crippen molar-refractivity contribution in [2.24, 2.45) is 0 Å². The second-order valence-corrected chi connectivity index (χ2v) is 5.18. The molecular weight excluding hydrogens is 260 g/mol. The Labute approximate surface area is 117 Å². The van der Waals surface area contributed by atoms with Gasteiger partial charge in [0, 0.05) is 18.2 Å². The van der Waals surface area contributed by atoms with Crippen molar-refractivity contribution in [3.05, 3.63) is 23.2 Å². The number of aliphatic hydroxyl groups excluding tert-OH is 1. The Bertz CT molecular complexity index is 505. The minimum Gasteiger partial charge on any atom is -0.466 e. The van der Waals surface area contributed by atoms with Gasteiger partial charge in [-0.25, -0.2) is 0 Å². The number of amides is 2. The number of furan rings is 1. The third-order valence-electron chi connectivity index (χ3n) is 3.26. The number of aliphatic hydroxyl groups is 1. The van der Waals surface area contributed by atoms with Gasteiger partial charge in [0.15, 0.2) is 0 Å². The quantitative estimate of drug-likeness (QED) is 0.693. The number of hydrogen-bond donors (Lipinski definition) is 3. The van der Waals surface area contributed by atoms with Crippen LogP contribution in [0.4, 0.5) is 0 Å². The normalized spacial score (nSPS) is 15.8. The van der Waals surface area contributed by atoms with Gasteiger partial charge in [0.05, 0.1) is 6.10 Å². The molecule has 0 spiro atoms. The molecule has 6 heteroatoms. The van der Waals surface area contributed by atoms with Crippen molar-refractivity contribution in [3.63, 3.8) is 0 Å². The van der Waals surface area contributed by atoms with Crippen molar-refractivity contribution in [1.82, 2.24) is 10.6 Å². The maximum Gasteiger partial charge on any atom is 0.309 e. The molecule has 0 aliphatic heterocycles. The average Bonchev–Trinajstić information content (AvgIpc) is 3.12. The van der Waals surface area contributed by atoms with Gasteiger partial charge >= 0.3 is 11.8 Å². The van der Waals surface area contributed by atoms with Crippen LogP contribution >= 0.6 is 0 Å². The zero-order valence-corrected chi connectivity index (χ0v) is 11.7. The van der Waals surface area contributed by atoms with E-state index in [0.29, 0.717) is 12.2 Å². The SMILES string of the molecule is Cc1cc([C@@H](O)CCNC(=O)C(=O)NC2CC2)c(C)o1. The summed E-state index contributed by atoms with van der Waals surface area (Å²) in [7, 11) is 0. The second-order valence-electron chi connectivity index (χ2n) is 5.18. The minimum atomic E-state index is -0.709. The fourth-order valence-corrected chi connectivity index (χ4v) is 2.02. The van der Waals surface area contributed by atoms with Crippen LogP contribution in [0.2, 0.25) is 0 Å². The fraction of sp³-hybridized carbons (Fsp3) is 0.571. The Morgan fingerprint density at radius 1 is 1.40 bits per heavy atom.